The summed E-state index contributed by atoms with van der Waals surface area (Å²) in [6.07, 6.45) is 6.30. The molecule has 1 N–H and O–H groups in total. The molecule has 96 valence electrons. The van der Waals surface area contributed by atoms with Gasteiger partial charge in [-0.3, -0.25) is 0 Å². The Balaban J connectivity index is 2.37. The van der Waals surface area contributed by atoms with Gasteiger partial charge >= 0.3 is 0 Å². The van der Waals surface area contributed by atoms with Gasteiger partial charge in [-0.25, -0.2) is 8.42 Å². The van der Waals surface area contributed by atoms with Crippen molar-refractivity contribution in [3.05, 3.63) is 0 Å². The molecule has 1 aliphatic rings. The van der Waals surface area contributed by atoms with Crippen molar-refractivity contribution in [2.24, 2.45) is 0 Å². The van der Waals surface area contributed by atoms with E-state index in [1.54, 1.807) is 13.8 Å². The van der Waals surface area contributed by atoms with E-state index in [-0.39, 0.29) is 10.5 Å². The largest absolute Gasteiger partial charge is 0.313 e. The summed E-state index contributed by atoms with van der Waals surface area (Å²) in [5.41, 5.74) is 0. The Kier molecular flexibility index (Phi) is 5.25. The summed E-state index contributed by atoms with van der Waals surface area (Å²) < 4.78 is 23.7. The summed E-state index contributed by atoms with van der Waals surface area (Å²) in [5, 5.41) is 2.87. The Bertz CT molecular complexity index is 292. The van der Waals surface area contributed by atoms with Gasteiger partial charge in [0.1, 0.15) is 0 Å². The van der Waals surface area contributed by atoms with Gasteiger partial charge in [-0.15, -0.1) is 0 Å². The highest BCUT2D eigenvalue weighted by Crippen LogP contribution is 2.17. The summed E-state index contributed by atoms with van der Waals surface area (Å²) in [5.74, 6) is 0. The van der Waals surface area contributed by atoms with E-state index in [0.29, 0.717) is 12.6 Å². The summed E-state index contributed by atoms with van der Waals surface area (Å²) in [4.78, 5) is 0. The zero-order valence-corrected chi connectivity index (χ0v) is 11.5. The lowest BCUT2D eigenvalue weighted by molar-refractivity contribution is 0.374. The highest BCUT2D eigenvalue weighted by molar-refractivity contribution is 7.92. The summed E-state index contributed by atoms with van der Waals surface area (Å²) in [6.45, 7) is 5.93. The van der Waals surface area contributed by atoms with Crippen molar-refractivity contribution in [2.45, 2.75) is 69.4 Å². The van der Waals surface area contributed by atoms with Crippen molar-refractivity contribution in [1.29, 1.82) is 0 Å². The molecule has 1 unspecified atom stereocenters. The summed E-state index contributed by atoms with van der Waals surface area (Å²) >= 11 is 0. The van der Waals surface area contributed by atoms with Crippen LogP contribution < -0.4 is 5.32 Å². The minimum Gasteiger partial charge on any atom is -0.313 e. The van der Waals surface area contributed by atoms with Crippen LogP contribution in [0.1, 0.15) is 52.9 Å². The van der Waals surface area contributed by atoms with Gasteiger partial charge in [0.2, 0.25) is 0 Å². The number of nitrogens with one attached hydrogen (secondary N) is 1. The SMILES string of the molecule is CC(C)S(=O)(=O)C(C)CNC1CCCCC1. The Hall–Kier alpha value is -0.0900. The molecule has 4 heteroatoms. The maximum absolute atomic E-state index is 11.9. The van der Waals surface area contributed by atoms with Gasteiger partial charge in [0.25, 0.3) is 0 Å². The van der Waals surface area contributed by atoms with Gasteiger partial charge in [-0.1, -0.05) is 19.3 Å². The first kappa shape index (κ1) is 14.0. The molecule has 0 heterocycles. The van der Waals surface area contributed by atoms with Gasteiger partial charge in [0, 0.05) is 12.6 Å². The third-order valence-corrected chi connectivity index (χ3v) is 6.12. The van der Waals surface area contributed by atoms with Crippen LogP contribution in [0.25, 0.3) is 0 Å². The Morgan fingerprint density at radius 1 is 1.12 bits per heavy atom. The molecule has 0 aromatic carbocycles. The van der Waals surface area contributed by atoms with Crippen molar-refractivity contribution in [1.82, 2.24) is 5.32 Å². The van der Waals surface area contributed by atoms with Crippen LogP contribution in [0, 0.1) is 0 Å². The standard InChI is InChI=1S/C12H25NO2S/c1-10(2)16(14,15)11(3)9-13-12-7-5-4-6-8-12/h10-13H,4-9H2,1-3H3. The lowest BCUT2D eigenvalue weighted by Crippen LogP contribution is -2.40. The average Bonchev–Trinajstić information content (AvgIpc) is 2.27. The molecule has 0 bridgehead atoms. The van der Waals surface area contributed by atoms with Gasteiger partial charge in [-0.05, 0) is 33.6 Å². The monoisotopic (exact) mass is 247 g/mol. The molecule has 0 aliphatic heterocycles. The second-order valence-electron chi connectivity index (χ2n) is 5.19. The second-order valence-corrected chi connectivity index (χ2v) is 8.12. The molecule has 0 radical (unpaired) electrons. The molecule has 1 saturated carbocycles. The molecule has 3 nitrogen and oxygen atoms in total. The Labute approximate surface area is 99.9 Å². The zero-order chi connectivity index (χ0) is 12.2. The van der Waals surface area contributed by atoms with Crippen molar-refractivity contribution in [3.63, 3.8) is 0 Å². The molecule has 1 rings (SSSR count). The number of rotatable bonds is 5. The molecular formula is C12H25NO2S. The summed E-state index contributed by atoms with van der Waals surface area (Å²) in [6, 6.07) is 0.540. The lowest BCUT2D eigenvalue weighted by Gasteiger charge is -2.25. The third-order valence-electron chi connectivity index (χ3n) is 3.52. The van der Waals surface area contributed by atoms with Crippen LogP contribution in [0.5, 0.6) is 0 Å². The van der Waals surface area contributed by atoms with Crippen LogP contribution in [0.15, 0.2) is 0 Å². The quantitative estimate of drug-likeness (QED) is 0.809. The van der Waals surface area contributed by atoms with Crippen LogP contribution in [0.4, 0.5) is 0 Å². The van der Waals surface area contributed by atoms with Crippen LogP contribution in [0.3, 0.4) is 0 Å². The van der Waals surface area contributed by atoms with E-state index >= 15 is 0 Å². The molecule has 0 aromatic heterocycles. The lowest BCUT2D eigenvalue weighted by atomic mass is 9.95. The van der Waals surface area contributed by atoms with Crippen LogP contribution >= 0.6 is 0 Å². The molecular weight excluding hydrogens is 222 g/mol. The number of sulfone groups is 1. The molecule has 0 spiro atoms. The first-order valence-corrected chi connectivity index (χ1v) is 8.01. The van der Waals surface area contributed by atoms with E-state index in [9.17, 15) is 8.42 Å². The van der Waals surface area contributed by atoms with Gasteiger partial charge in [0.15, 0.2) is 9.84 Å². The second kappa shape index (κ2) is 6.01. The predicted octanol–water partition coefficient (Wildman–Crippen LogP) is 2.12. The minimum atomic E-state index is -2.94. The normalized spacial score (nSPS) is 21.2. The van der Waals surface area contributed by atoms with Crippen LogP contribution in [-0.2, 0) is 9.84 Å². The topological polar surface area (TPSA) is 46.2 Å². The van der Waals surface area contributed by atoms with Gasteiger partial charge in [0.05, 0.1) is 10.5 Å². The van der Waals surface area contributed by atoms with E-state index in [0.717, 1.165) is 0 Å². The maximum atomic E-state index is 11.9. The van der Waals surface area contributed by atoms with Crippen LogP contribution in [-0.4, -0.2) is 31.5 Å². The van der Waals surface area contributed by atoms with E-state index < -0.39 is 9.84 Å². The Morgan fingerprint density at radius 3 is 2.19 bits per heavy atom. The maximum Gasteiger partial charge on any atom is 0.156 e. The predicted molar refractivity (Wildman–Crippen MR) is 68.4 cm³/mol. The van der Waals surface area contributed by atoms with Gasteiger partial charge in [-0.2, -0.15) is 0 Å². The fourth-order valence-corrected chi connectivity index (χ4v) is 3.48. The molecule has 1 aliphatic carbocycles. The molecule has 1 atom stereocenters. The van der Waals surface area contributed by atoms with Crippen molar-refractivity contribution < 1.29 is 8.42 Å². The van der Waals surface area contributed by atoms with Gasteiger partial charge < -0.3 is 5.32 Å². The van der Waals surface area contributed by atoms with E-state index in [2.05, 4.69) is 5.32 Å². The fraction of sp³-hybridized carbons (Fsp3) is 1.00. The highest BCUT2D eigenvalue weighted by Gasteiger charge is 2.25. The smallest absolute Gasteiger partial charge is 0.156 e. The van der Waals surface area contributed by atoms with Crippen molar-refractivity contribution in [2.75, 3.05) is 6.54 Å². The van der Waals surface area contributed by atoms with Crippen molar-refractivity contribution in [3.8, 4) is 0 Å². The zero-order valence-electron chi connectivity index (χ0n) is 10.7. The molecule has 1 fully saturated rings. The number of hydrogen-bond acceptors (Lipinski definition) is 3. The van der Waals surface area contributed by atoms with Crippen molar-refractivity contribution >= 4 is 9.84 Å². The third kappa shape index (κ3) is 3.74. The first-order chi connectivity index (χ1) is 7.44. The molecule has 16 heavy (non-hydrogen) atoms. The number of hydrogen-bond donors (Lipinski definition) is 1. The van der Waals surface area contributed by atoms with E-state index in [1.165, 1.54) is 32.1 Å². The molecule has 0 saturated heterocycles. The molecule has 0 aromatic rings. The van der Waals surface area contributed by atoms with E-state index in [4.69, 9.17) is 0 Å². The van der Waals surface area contributed by atoms with E-state index in [1.807, 2.05) is 6.92 Å². The average molecular weight is 247 g/mol. The van der Waals surface area contributed by atoms with Crippen LogP contribution in [0.2, 0.25) is 0 Å². The minimum absolute atomic E-state index is 0.268. The first-order valence-electron chi connectivity index (χ1n) is 6.40. The Morgan fingerprint density at radius 2 is 1.69 bits per heavy atom. The molecule has 0 amide bonds. The highest BCUT2D eigenvalue weighted by atomic mass is 32.2. The fourth-order valence-electron chi connectivity index (χ4n) is 2.22. The summed E-state index contributed by atoms with van der Waals surface area (Å²) in [7, 11) is -2.94.